The fraction of sp³-hybridized carbons (Fsp3) is 0.0714. The van der Waals surface area contributed by atoms with Crippen molar-refractivity contribution in [2.24, 2.45) is 0 Å². The van der Waals surface area contributed by atoms with Crippen LogP contribution in [0.2, 0.25) is 5.15 Å². The number of benzene rings is 1. The van der Waals surface area contributed by atoms with Gasteiger partial charge in [-0.25, -0.2) is 18.2 Å². The number of hydrogen-bond donors (Lipinski definition) is 2. The van der Waals surface area contributed by atoms with E-state index in [1.54, 1.807) is 0 Å². The van der Waals surface area contributed by atoms with Crippen LogP contribution in [0.25, 0.3) is 0 Å². The Labute approximate surface area is 133 Å². The number of anilines is 1. The van der Waals surface area contributed by atoms with Crippen molar-refractivity contribution in [2.75, 3.05) is 11.9 Å². The molecule has 0 spiro atoms. The van der Waals surface area contributed by atoms with Gasteiger partial charge in [0.05, 0.1) is 17.8 Å². The number of aromatic nitrogens is 1. The average Bonchev–Trinajstić information content (AvgIpc) is 2.54. The van der Waals surface area contributed by atoms with Crippen LogP contribution in [0.15, 0.2) is 30.5 Å². The maximum absolute atomic E-state index is 13.4. The molecular weight excluding hydrogens is 335 g/mol. The van der Waals surface area contributed by atoms with E-state index in [1.807, 2.05) is 5.32 Å². The molecule has 2 amide bonds. The molecule has 5 nitrogen and oxygen atoms in total. The summed E-state index contributed by atoms with van der Waals surface area (Å²) in [4.78, 5) is 27.0. The van der Waals surface area contributed by atoms with Crippen molar-refractivity contribution in [1.82, 2.24) is 10.3 Å². The Hall–Kier alpha value is -2.61. The minimum absolute atomic E-state index is 0.168. The number of hydrogen-bond acceptors (Lipinski definition) is 3. The zero-order valence-corrected chi connectivity index (χ0v) is 12.1. The Morgan fingerprint density at radius 2 is 1.83 bits per heavy atom. The number of carbonyl (C=O) groups excluding carboxylic acids is 2. The van der Waals surface area contributed by atoms with Crippen LogP contribution in [0.5, 0.6) is 0 Å². The lowest BCUT2D eigenvalue weighted by Gasteiger charge is -2.08. The molecule has 0 atom stereocenters. The van der Waals surface area contributed by atoms with E-state index in [0.29, 0.717) is 6.07 Å². The maximum Gasteiger partial charge on any atom is 0.253 e. The van der Waals surface area contributed by atoms with E-state index in [9.17, 15) is 22.8 Å². The first-order chi connectivity index (χ1) is 10.9. The summed E-state index contributed by atoms with van der Waals surface area (Å²) in [6.45, 7) is -0.500. The molecule has 0 bridgehead atoms. The molecule has 2 rings (SSSR count). The molecule has 0 aliphatic rings. The van der Waals surface area contributed by atoms with Crippen molar-refractivity contribution in [3.05, 3.63) is 58.6 Å². The van der Waals surface area contributed by atoms with E-state index < -0.39 is 41.5 Å². The summed E-state index contributed by atoms with van der Waals surface area (Å²) in [5.41, 5.74) is -0.363. The number of nitrogens with zero attached hydrogens (tertiary/aromatic N) is 1. The molecule has 0 radical (unpaired) electrons. The van der Waals surface area contributed by atoms with Gasteiger partial charge in [-0.05, 0) is 24.3 Å². The van der Waals surface area contributed by atoms with Crippen LogP contribution in [-0.4, -0.2) is 23.3 Å². The Morgan fingerprint density at radius 3 is 2.48 bits per heavy atom. The van der Waals surface area contributed by atoms with Crippen LogP contribution in [0.1, 0.15) is 10.4 Å². The van der Waals surface area contributed by atoms with Gasteiger partial charge in [0.2, 0.25) is 5.91 Å². The second-order valence-electron chi connectivity index (χ2n) is 4.32. The van der Waals surface area contributed by atoms with E-state index in [2.05, 4.69) is 10.3 Å². The van der Waals surface area contributed by atoms with E-state index in [0.717, 1.165) is 6.07 Å². The molecule has 120 valence electrons. The number of halogens is 4. The van der Waals surface area contributed by atoms with Gasteiger partial charge in [0, 0.05) is 6.20 Å². The van der Waals surface area contributed by atoms with Crippen LogP contribution >= 0.6 is 11.6 Å². The molecule has 0 unspecified atom stereocenters. The third-order valence-electron chi connectivity index (χ3n) is 2.71. The smallest absolute Gasteiger partial charge is 0.253 e. The van der Waals surface area contributed by atoms with E-state index in [1.165, 1.54) is 18.3 Å². The lowest BCUT2D eigenvalue weighted by molar-refractivity contribution is -0.115. The highest BCUT2D eigenvalue weighted by molar-refractivity contribution is 6.29. The number of amides is 2. The molecule has 2 aromatic rings. The minimum Gasteiger partial charge on any atom is -0.343 e. The molecule has 0 fully saturated rings. The van der Waals surface area contributed by atoms with Gasteiger partial charge in [-0.2, -0.15) is 0 Å². The topological polar surface area (TPSA) is 71.1 Å². The first kappa shape index (κ1) is 16.8. The maximum atomic E-state index is 13.4. The predicted molar refractivity (Wildman–Crippen MR) is 76.5 cm³/mol. The zero-order chi connectivity index (χ0) is 17.0. The van der Waals surface area contributed by atoms with Gasteiger partial charge < -0.3 is 10.6 Å². The monoisotopic (exact) mass is 343 g/mol. The van der Waals surface area contributed by atoms with Crippen LogP contribution in [-0.2, 0) is 4.79 Å². The third-order valence-corrected chi connectivity index (χ3v) is 2.93. The molecule has 9 heteroatoms. The lowest BCUT2D eigenvalue weighted by Crippen LogP contribution is -2.33. The number of pyridine rings is 1. The van der Waals surface area contributed by atoms with Gasteiger partial charge >= 0.3 is 0 Å². The molecule has 0 aliphatic carbocycles. The first-order valence-electron chi connectivity index (χ1n) is 6.21. The Morgan fingerprint density at radius 1 is 1.09 bits per heavy atom. The van der Waals surface area contributed by atoms with E-state index >= 15 is 0 Å². The largest absolute Gasteiger partial charge is 0.343 e. The second kappa shape index (κ2) is 7.10. The van der Waals surface area contributed by atoms with Gasteiger partial charge in [-0.1, -0.05) is 11.6 Å². The summed E-state index contributed by atoms with van der Waals surface area (Å²) in [6, 6.07) is 4.34. The van der Waals surface area contributed by atoms with Crippen molar-refractivity contribution in [3.8, 4) is 0 Å². The SMILES string of the molecule is O=C(CNC(=O)c1ccc(Cl)nc1)Nc1ccc(F)c(F)c1F. The van der Waals surface area contributed by atoms with Gasteiger partial charge in [-0.3, -0.25) is 9.59 Å². The van der Waals surface area contributed by atoms with Crippen molar-refractivity contribution >= 4 is 29.1 Å². The molecule has 1 aromatic heterocycles. The summed E-state index contributed by atoms with van der Waals surface area (Å²) in [6.07, 6.45) is 1.21. The Balaban J connectivity index is 1.94. The van der Waals surface area contributed by atoms with Gasteiger partial charge in [0.15, 0.2) is 17.5 Å². The van der Waals surface area contributed by atoms with Gasteiger partial charge in [0.1, 0.15) is 5.15 Å². The Kier molecular flexibility index (Phi) is 5.17. The molecule has 2 N–H and O–H groups in total. The van der Waals surface area contributed by atoms with Crippen molar-refractivity contribution in [3.63, 3.8) is 0 Å². The summed E-state index contributed by atoms with van der Waals surface area (Å²) >= 11 is 5.57. The highest BCUT2D eigenvalue weighted by Gasteiger charge is 2.15. The fourth-order valence-electron chi connectivity index (χ4n) is 1.59. The molecule has 23 heavy (non-hydrogen) atoms. The van der Waals surface area contributed by atoms with Gasteiger partial charge in [0.25, 0.3) is 5.91 Å². The molecule has 0 saturated heterocycles. The summed E-state index contributed by atoms with van der Waals surface area (Å²) < 4.78 is 39.2. The number of nitrogens with one attached hydrogen (secondary N) is 2. The van der Waals surface area contributed by atoms with Crippen LogP contribution in [0.4, 0.5) is 18.9 Å². The van der Waals surface area contributed by atoms with Crippen molar-refractivity contribution in [2.45, 2.75) is 0 Å². The second-order valence-corrected chi connectivity index (χ2v) is 4.71. The summed E-state index contributed by atoms with van der Waals surface area (Å²) in [5, 5.41) is 4.48. The highest BCUT2D eigenvalue weighted by atomic mass is 35.5. The first-order valence-corrected chi connectivity index (χ1v) is 6.59. The standard InChI is InChI=1S/C14H9ClF3N3O2/c15-10-4-1-7(5-19-10)14(23)20-6-11(22)21-9-3-2-8(16)12(17)13(9)18/h1-5H,6H2,(H,20,23)(H,21,22). The van der Waals surface area contributed by atoms with Crippen molar-refractivity contribution in [1.29, 1.82) is 0 Å². The van der Waals surface area contributed by atoms with E-state index in [4.69, 9.17) is 11.6 Å². The normalized spacial score (nSPS) is 10.3. The molecule has 0 aliphatic heterocycles. The summed E-state index contributed by atoms with van der Waals surface area (Å²) in [5.74, 6) is -6.00. The van der Waals surface area contributed by atoms with Crippen molar-refractivity contribution < 1.29 is 22.8 Å². The van der Waals surface area contributed by atoms with E-state index in [-0.39, 0.29) is 10.7 Å². The quantitative estimate of drug-likeness (QED) is 0.662. The molecule has 0 saturated carbocycles. The average molecular weight is 344 g/mol. The van der Waals surface area contributed by atoms with Crippen LogP contribution in [0.3, 0.4) is 0 Å². The zero-order valence-electron chi connectivity index (χ0n) is 11.4. The molecule has 1 heterocycles. The third kappa shape index (κ3) is 4.19. The number of carbonyl (C=O) groups is 2. The highest BCUT2D eigenvalue weighted by Crippen LogP contribution is 2.19. The Bertz CT molecular complexity index is 754. The van der Waals surface area contributed by atoms with Crippen LogP contribution in [0, 0.1) is 17.5 Å². The lowest BCUT2D eigenvalue weighted by atomic mass is 10.2. The molecular formula is C14H9ClF3N3O2. The fourth-order valence-corrected chi connectivity index (χ4v) is 1.70. The van der Waals surface area contributed by atoms with Crippen LogP contribution < -0.4 is 10.6 Å². The molecule has 1 aromatic carbocycles. The van der Waals surface area contributed by atoms with Gasteiger partial charge in [-0.15, -0.1) is 0 Å². The number of rotatable bonds is 4. The minimum atomic E-state index is -1.70. The predicted octanol–water partition coefficient (Wildman–Crippen LogP) is 2.52. The summed E-state index contributed by atoms with van der Waals surface area (Å²) in [7, 11) is 0.